The van der Waals surface area contributed by atoms with Crippen molar-refractivity contribution in [1.82, 2.24) is 4.90 Å². The lowest BCUT2D eigenvalue weighted by molar-refractivity contribution is 0.00596. The Morgan fingerprint density at radius 3 is 1.81 bits per heavy atom. The standard InChI is InChI=1S/C19H37NO/c1-19(2)13-15-20(16-14-19)17-11-9-7-5-3-4-6-8-10-12-18(17)21/h17-18,21H,3-16H2,1-2H3. The Balaban J connectivity index is 1.89. The van der Waals surface area contributed by atoms with Gasteiger partial charge in [-0.3, -0.25) is 4.90 Å². The highest BCUT2D eigenvalue weighted by Gasteiger charge is 2.32. The first-order chi connectivity index (χ1) is 10.1. The number of nitrogens with zero attached hydrogens (tertiary/aromatic N) is 1. The fourth-order valence-corrected chi connectivity index (χ4v) is 4.04. The minimum atomic E-state index is -0.0920. The Morgan fingerprint density at radius 1 is 0.762 bits per heavy atom. The van der Waals surface area contributed by atoms with E-state index in [1.165, 1.54) is 83.7 Å². The van der Waals surface area contributed by atoms with Crippen molar-refractivity contribution >= 4 is 0 Å². The van der Waals surface area contributed by atoms with Crippen molar-refractivity contribution in [2.24, 2.45) is 5.41 Å². The molecule has 1 saturated heterocycles. The Kier molecular flexibility index (Phi) is 7.01. The van der Waals surface area contributed by atoms with Gasteiger partial charge in [0.25, 0.3) is 0 Å². The molecule has 0 aromatic carbocycles. The van der Waals surface area contributed by atoms with Gasteiger partial charge < -0.3 is 5.11 Å². The molecule has 1 N–H and O–H groups in total. The van der Waals surface area contributed by atoms with Gasteiger partial charge in [0.1, 0.15) is 0 Å². The first-order valence-corrected chi connectivity index (χ1v) is 9.51. The third-order valence-electron chi connectivity index (χ3n) is 5.81. The van der Waals surface area contributed by atoms with Crippen LogP contribution in [0.5, 0.6) is 0 Å². The van der Waals surface area contributed by atoms with Gasteiger partial charge >= 0.3 is 0 Å². The summed E-state index contributed by atoms with van der Waals surface area (Å²) in [5, 5.41) is 10.7. The summed E-state index contributed by atoms with van der Waals surface area (Å²) >= 11 is 0. The smallest absolute Gasteiger partial charge is 0.0695 e. The van der Waals surface area contributed by atoms with E-state index in [1.54, 1.807) is 0 Å². The molecule has 0 radical (unpaired) electrons. The van der Waals surface area contributed by atoms with Crippen LogP contribution in [0.4, 0.5) is 0 Å². The third kappa shape index (κ3) is 5.90. The lowest BCUT2D eigenvalue weighted by Crippen LogP contribution is -2.48. The summed E-state index contributed by atoms with van der Waals surface area (Å²) in [4.78, 5) is 2.61. The van der Waals surface area contributed by atoms with Crippen molar-refractivity contribution in [2.45, 2.75) is 103 Å². The van der Waals surface area contributed by atoms with Crippen LogP contribution in [-0.4, -0.2) is 35.2 Å². The molecule has 2 aliphatic rings. The molecule has 124 valence electrons. The molecular formula is C19H37NO. The van der Waals surface area contributed by atoms with Crippen LogP contribution in [0.15, 0.2) is 0 Å². The summed E-state index contributed by atoms with van der Waals surface area (Å²) in [5.74, 6) is 0. The zero-order chi connectivity index (χ0) is 15.1. The molecule has 0 amide bonds. The molecule has 2 rings (SSSR count). The summed E-state index contributed by atoms with van der Waals surface area (Å²) in [7, 11) is 0. The molecule has 0 aromatic heterocycles. The van der Waals surface area contributed by atoms with Crippen LogP contribution in [0.1, 0.15) is 90.9 Å². The average Bonchev–Trinajstić information content (AvgIpc) is 2.44. The van der Waals surface area contributed by atoms with Gasteiger partial charge in [-0.25, -0.2) is 0 Å². The van der Waals surface area contributed by atoms with E-state index in [0.717, 1.165) is 6.42 Å². The van der Waals surface area contributed by atoms with E-state index in [9.17, 15) is 5.11 Å². The highest BCUT2D eigenvalue weighted by atomic mass is 16.3. The van der Waals surface area contributed by atoms with Gasteiger partial charge in [0.15, 0.2) is 0 Å². The normalized spacial score (nSPS) is 33.9. The summed E-state index contributed by atoms with van der Waals surface area (Å²) in [6, 6.07) is 0.431. The Hall–Kier alpha value is -0.0800. The summed E-state index contributed by atoms with van der Waals surface area (Å²) in [5.41, 5.74) is 0.507. The lowest BCUT2D eigenvalue weighted by atomic mass is 9.81. The second-order valence-electron chi connectivity index (χ2n) is 8.24. The van der Waals surface area contributed by atoms with Gasteiger partial charge in [0, 0.05) is 6.04 Å². The van der Waals surface area contributed by atoms with E-state index < -0.39 is 0 Å². The Labute approximate surface area is 132 Å². The lowest BCUT2D eigenvalue weighted by Gasteiger charge is -2.43. The predicted octanol–water partition coefficient (Wildman–Crippen LogP) is 4.75. The van der Waals surface area contributed by atoms with Crippen LogP contribution < -0.4 is 0 Å². The second kappa shape index (κ2) is 8.53. The van der Waals surface area contributed by atoms with Gasteiger partial charge in [-0.2, -0.15) is 0 Å². The molecule has 21 heavy (non-hydrogen) atoms. The minimum Gasteiger partial charge on any atom is -0.391 e. The maximum atomic E-state index is 10.7. The molecule has 0 aromatic rings. The number of hydrogen-bond acceptors (Lipinski definition) is 2. The molecule has 2 heteroatoms. The van der Waals surface area contributed by atoms with E-state index in [-0.39, 0.29) is 6.10 Å². The van der Waals surface area contributed by atoms with E-state index in [2.05, 4.69) is 18.7 Å². The second-order valence-corrected chi connectivity index (χ2v) is 8.24. The number of likely N-dealkylation sites (tertiary alicyclic amines) is 1. The molecule has 0 spiro atoms. The van der Waals surface area contributed by atoms with Gasteiger partial charge in [-0.05, 0) is 44.2 Å². The highest BCUT2D eigenvalue weighted by molar-refractivity contribution is 4.86. The van der Waals surface area contributed by atoms with Crippen molar-refractivity contribution in [3.8, 4) is 0 Å². The molecule has 2 atom stereocenters. The van der Waals surface area contributed by atoms with E-state index >= 15 is 0 Å². The van der Waals surface area contributed by atoms with Crippen molar-refractivity contribution in [2.75, 3.05) is 13.1 Å². The fourth-order valence-electron chi connectivity index (χ4n) is 4.04. The molecule has 2 unspecified atom stereocenters. The fraction of sp³-hybridized carbons (Fsp3) is 1.00. The van der Waals surface area contributed by atoms with Crippen molar-refractivity contribution in [3.63, 3.8) is 0 Å². The first-order valence-electron chi connectivity index (χ1n) is 9.51. The van der Waals surface area contributed by atoms with Crippen LogP contribution >= 0.6 is 0 Å². The quantitative estimate of drug-likeness (QED) is 0.754. The summed E-state index contributed by atoms with van der Waals surface area (Å²) in [6.45, 7) is 7.16. The number of hydrogen-bond donors (Lipinski definition) is 1. The Morgan fingerprint density at radius 2 is 1.24 bits per heavy atom. The van der Waals surface area contributed by atoms with E-state index in [4.69, 9.17) is 0 Å². The number of rotatable bonds is 1. The molecule has 1 saturated carbocycles. The molecule has 1 heterocycles. The molecular weight excluding hydrogens is 258 g/mol. The van der Waals surface area contributed by atoms with Gasteiger partial charge in [0.05, 0.1) is 6.10 Å². The zero-order valence-corrected chi connectivity index (χ0v) is 14.4. The van der Waals surface area contributed by atoms with Crippen LogP contribution in [0.25, 0.3) is 0 Å². The SMILES string of the molecule is CC1(C)CCN(C2CCCCCCCCCCC2O)CC1. The van der Waals surface area contributed by atoms with E-state index in [1.807, 2.05) is 0 Å². The molecule has 1 aliphatic carbocycles. The minimum absolute atomic E-state index is 0.0920. The average molecular weight is 296 g/mol. The number of aliphatic hydroxyl groups is 1. The largest absolute Gasteiger partial charge is 0.391 e. The van der Waals surface area contributed by atoms with Crippen LogP contribution in [0, 0.1) is 5.41 Å². The zero-order valence-electron chi connectivity index (χ0n) is 14.4. The maximum absolute atomic E-state index is 10.7. The van der Waals surface area contributed by atoms with Crippen LogP contribution in [-0.2, 0) is 0 Å². The van der Waals surface area contributed by atoms with Crippen LogP contribution in [0.2, 0.25) is 0 Å². The predicted molar refractivity (Wildman–Crippen MR) is 90.6 cm³/mol. The van der Waals surface area contributed by atoms with Gasteiger partial charge in [-0.1, -0.05) is 65.2 Å². The van der Waals surface area contributed by atoms with Crippen molar-refractivity contribution in [3.05, 3.63) is 0 Å². The molecule has 2 nitrogen and oxygen atoms in total. The monoisotopic (exact) mass is 295 g/mol. The maximum Gasteiger partial charge on any atom is 0.0695 e. The van der Waals surface area contributed by atoms with E-state index in [0.29, 0.717) is 11.5 Å². The van der Waals surface area contributed by atoms with Crippen LogP contribution in [0.3, 0.4) is 0 Å². The summed E-state index contributed by atoms with van der Waals surface area (Å²) in [6.07, 6.45) is 15.5. The first kappa shape index (κ1) is 17.3. The number of aliphatic hydroxyl groups excluding tert-OH is 1. The number of piperidine rings is 1. The molecule has 0 bridgehead atoms. The topological polar surface area (TPSA) is 23.5 Å². The molecule has 1 aliphatic heterocycles. The van der Waals surface area contributed by atoms with Crippen molar-refractivity contribution in [1.29, 1.82) is 0 Å². The highest BCUT2D eigenvalue weighted by Crippen LogP contribution is 2.32. The third-order valence-corrected chi connectivity index (χ3v) is 5.81. The van der Waals surface area contributed by atoms with Crippen molar-refractivity contribution < 1.29 is 5.11 Å². The Bertz CT molecular complexity index is 279. The molecule has 2 fully saturated rings. The summed E-state index contributed by atoms with van der Waals surface area (Å²) < 4.78 is 0. The van der Waals surface area contributed by atoms with Gasteiger partial charge in [0.2, 0.25) is 0 Å². The van der Waals surface area contributed by atoms with Gasteiger partial charge in [-0.15, -0.1) is 0 Å².